The van der Waals surface area contributed by atoms with E-state index in [0.29, 0.717) is 19.0 Å². The highest BCUT2D eigenvalue weighted by Gasteiger charge is 2.15. The third kappa shape index (κ3) is 9.27. The van der Waals surface area contributed by atoms with Crippen molar-refractivity contribution >= 4 is 51.3 Å². The van der Waals surface area contributed by atoms with Crippen molar-refractivity contribution in [1.29, 1.82) is 0 Å². The molecule has 0 amide bonds. The monoisotopic (exact) mass is 565 g/mol. The molecular formula is C20H32IN5O2S2. The summed E-state index contributed by atoms with van der Waals surface area (Å²) in [4.78, 5) is 10.3. The second-order valence-corrected chi connectivity index (χ2v) is 9.88. The fourth-order valence-electron chi connectivity index (χ4n) is 2.72. The smallest absolute Gasteiger partial charge is 0.216 e. The van der Waals surface area contributed by atoms with Gasteiger partial charge in [0.25, 0.3) is 0 Å². The Morgan fingerprint density at radius 2 is 1.87 bits per heavy atom. The van der Waals surface area contributed by atoms with E-state index in [-0.39, 0.29) is 35.8 Å². The van der Waals surface area contributed by atoms with Gasteiger partial charge < -0.3 is 10.6 Å². The summed E-state index contributed by atoms with van der Waals surface area (Å²) in [6, 6.07) is 7.38. The van der Waals surface area contributed by atoms with Crippen LogP contribution >= 0.6 is 35.3 Å². The van der Waals surface area contributed by atoms with Crippen molar-refractivity contribution in [3.05, 3.63) is 51.5 Å². The fraction of sp³-hybridized carbons (Fsp3) is 0.500. The van der Waals surface area contributed by atoms with Crippen LogP contribution in [0.2, 0.25) is 0 Å². The molecule has 0 atom stereocenters. The summed E-state index contributed by atoms with van der Waals surface area (Å²) in [6.45, 7) is 9.48. The van der Waals surface area contributed by atoms with Gasteiger partial charge in [-0.25, -0.2) is 23.1 Å². The van der Waals surface area contributed by atoms with Gasteiger partial charge in [-0.1, -0.05) is 31.2 Å². The predicted octanol–water partition coefficient (Wildman–Crippen LogP) is 3.41. The maximum Gasteiger partial charge on any atom is 0.216 e. The van der Waals surface area contributed by atoms with Crippen LogP contribution in [0.4, 0.5) is 0 Å². The third-order valence-corrected chi connectivity index (χ3v) is 6.65. The zero-order chi connectivity index (χ0) is 21.3. The Labute approximate surface area is 201 Å². The van der Waals surface area contributed by atoms with Crippen LogP contribution in [0.5, 0.6) is 0 Å². The van der Waals surface area contributed by atoms with Crippen LogP contribution in [0.3, 0.4) is 0 Å². The molecule has 0 aliphatic carbocycles. The van der Waals surface area contributed by atoms with Gasteiger partial charge in [0.15, 0.2) is 5.96 Å². The van der Waals surface area contributed by atoms with Crippen LogP contribution in [-0.4, -0.2) is 31.9 Å². The first-order valence-electron chi connectivity index (χ1n) is 9.85. The summed E-state index contributed by atoms with van der Waals surface area (Å²) in [5.74, 6) is 0.624. The summed E-state index contributed by atoms with van der Waals surface area (Å²) in [6.07, 6.45) is 2.89. The number of thiazole rings is 1. The van der Waals surface area contributed by atoms with Gasteiger partial charge in [0.2, 0.25) is 10.0 Å². The van der Waals surface area contributed by atoms with Crippen LogP contribution < -0.4 is 15.4 Å². The highest BCUT2D eigenvalue weighted by molar-refractivity contribution is 14.0. The molecule has 1 heterocycles. The maximum atomic E-state index is 12.3. The Kier molecular flexibility index (Phi) is 11.8. The van der Waals surface area contributed by atoms with E-state index in [4.69, 9.17) is 0 Å². The number of hydrogen-bond acceptors (Lipinski definition) is 5. The van der Waals surface area contributed by atoms with Crippen molar-refractivity contribution in [3.8, 4) is 0 Å². The normalized spacial score (nSPS) is 12.0. The highest BCUT2D eigenvalue weighted by Crippen LogP contribution is 2.14. The molecule has 0 radical (unpaired) electrons. The Hall–Kier alpha value is -1.24. The second-order valence-electron chi connectivity index (χ2n) is 6.92. The van der Waals surface area contributed by atoms with Gasteiger partial charge in [-0.15, -0.1) is 35.3 Å². The van der Waals surface area contributed by atoms with Crippen molar-refractivity contribution < 1.29 is 8.42 Å². The number of guanidine groups is 1. The number of benzene rings is 1. The minimum Gasteiger partial charge on any atom is -0.357 e. The molecule has 30 heavy (non-hydrogen) atoms. The molecule has 10 heteroatoms. The average Bonchev–Trinajstić information content (AvgIpc) is 3.12. The van der Waals surface area contributed by atoms with Crippen LogP contribution in [0.1, 0.15) is 48.7 Å². The SMILES string of the molecule is CCNC(=NCc1ccccc1CS(=O)(=O)NC(C)C)NCc1ncc(CC)s1.I. The van der Waals surface area contributed by atoms with E-state index in [0.717, 1.165) is 29.1 Å². The molecule has 1 aromatic carbocycles. The van der Waals surface area contributed by atoms with Crippen LogP contribution in [-0.2, 0) is 35.3 Å². The van der Waals surface area contributed by atoms with Crippen LogP contribution in [0, 0.1) is 0 Å². The van der Waals surface area contributed by atoms with Crippen molar-refractivity contribution in [3.63, 3.8) is 0 Å². The molecule has 0 saturated carbocycles. The first-order valence-corrected chi connectivity index (χ1v) is 12.3. The number of sulfonamides is 1. The lowest BCUT2D eigenvalue weighted by Gasteiger charge is -2.13. The van der Waals surface area contributed by atoms with Gasteiger partial charge in [-0.05, 0) is 38.3 Å². The summed E-state index contributed by atoms with van der Waals surface area (Å²) in [7, 11) is -3.39. The molecule has 168 valence electrons. The van der Waals surface area contributed by atoms with Gasteiger partial charge in [-0.3, -0.25) is 0 Å². The standard InChI is InChI=1S/C20H31N5O2S2.HI/c1-5-18-12-22-19(28-18)13-24-20(21-6-2)23-11-16-9-7-8-10-17(16)14-29(26,27)25-15(3)4;/h7-10,12,15,25H,5-6,11,13-14H2,1-4H3,(H2,21,23,24);1H. The molecular weight excluding hydrogens is 533 g/mol. The quantitative estimate of drug-likeness (QED) is 0.233. The first kappa shape index (κ1) is 26.8. The number of rotatable bonds is 10. The predicted molar refractivity (Wildman–Crippen MR) is 136 cm³/mol. The topological polar surface area (TPSA) is 95.5 Å². The number of nitrogens with one attached hydrogen (secondary N) is 3. The lowest BCUT2D eigenvalue weighted by molar-refractivity contribution is 0.569. The number of aryl methyl sites for hydroxylation is 1. The Bertz CT molecular complexity index is 913. The third-order valence-electron chi connectivity index (χ3n) is 3.99. The van der Waals surface area contributed by atoms with E-state index < -0.39 is 10.0 Å². The Morgan fingerprint density at radius 3 is 2.47 bits per heavy atom. The number of halogens is 1. The molecule has 7 nitrogen and oxygen atoms in total. The average molecular weight is 566 g/mol. The molecule has 2 rings (SSSR count). The number of aliphatic imine (C=N–C) groups is 1. The van der Waals surface area contributed by atoms with E-state index in [1.54, 1.807) is 11.3 Å². The summed E-state index contributed by atoms with van der Waals surface area (Å²) in [5, 5.41) is 7.53. The molecule has 1 aromatic heterocycles. The summed E-state index contributed by atoms with van der Waals surface area (Å²) < 4.78 is 27.3. The molecule has 0 bridgehead atoms. The van der Waals surface area contributed by atoms with Crippen LogP contribution in [0.15, 0.2) is 35.5 Å². The van der Waals surface area contributed by atoms with E-state index in [9.17, 15) is 8.42 Å². The second kappa shape index (κ2) is 13.2. The molecule has 0 aliphatic heterocycles. The molecule has 2 aromatic rings. The summed E-state index contributed by atoms with van der Waals surface area (Å²) >= 11 is 1.69. The number of nitrogens with zero attached hydrogens (tertiary/aromatic N) is 2. The molecule has 0 saturated heterocycles. The van der Waals surface area contributed by atoms with E-state index in [1.165, 1.54) is 4.88 Å². The van der Waals surface area contributed by atoms with E-state index in [1.807, 2.05) is 51.2 Å². The first-order chi connectivity index (χ1) is 13.8. The van der Waals surface area contributed by atoms with Crippen LogP contribution in [0.25, 0.3) is 0 Å². The molecule has 0 unspecified atom stereocenters. The lowest BCUT2D eigenvalue weighted by Crippen LogP contribution is -2.36. The van der Waals surface area contributed by atoms with Crippen molar-refractivity contribution in [1.82, 2.24) is 20.3 Å². The minimum atomic E-state index is -3.39. The zero-order valence-electron chi connectivity index (χ0n) is 17.9. The fourth-order valence-corrected chi connectivity index (χ4v) is 5.01. The van der Waals surface area contributed by atoms with Gasteiger partial charge in [0.1, 0.15) is 5.01 Å². The molecule has 0 fully saturated rings. The maximum absolute atomic E-state index is 12.3. The van der Waals surface area contributed by atoms with Crippen molar-refractivity contribution in [2.75, 3.05) is 6.54 Å². The summed E-state index contributed by atoms with van der Waals surface area (Å²) in [5.41, 5.74) is 1.65. The number of hydrogen-bond donors (Lipinski definition) is 3. The number of aromatic nitrogens is 1. The van der Waals surface area contributed by atoms with Crippen molar-refractivity contribution in [2.24, 2.45) is 4.99 Å². The Balaban J connectivity index is 0.00000450. The highest BCUT2D eigenvalue weighted by atomic mass is 127. The molecule has 0 spiro atoms. The van der Waals surface area contributed by atoms with Crippen molar-refractivity contribution in [2.45, 2.75) is 59.0 Å². The van der Waals surface area contributed by atoms with Gasteiger partial charge in [-0.2, -0.15) is 0 Å². The van der Waals surface area contributed by atoms with Gasteiger partial charge in [0, 0.05) is 23.7 Å². The zero-order valence-corrected chi connectivity index (χ0v) is 21.9. The van der Waals surface area contributed by atoms with Gasteiger partial charge >= 0.3 is 0 Å². The Morgan fingerprint density at radius 1 is 1.17 bits per heavy atom. The molecule has 0 aliphatic rings. The minimum absolute atomic E-state index is 0. The van der Waals surface area contributed by atoms with Gasteiger partial charge in [0.05, 0.1) is 18.8 Å². The van der Waals surface area contributed by atoms with E-state index in [2.05, 4.69) is 32.3 Å². The largest absolute Gasteiger partial charge is 0.357 e. The lowest BCUT2D eigenvalue weighted by atomic mass is 10.1. The molecule has 3 N–H and O–H groups in total. The van der Waals surface area contributed by atoms with E-state index >= 15 is 0 Å².